The summed E-state index contributed by atoms with van der Waals surface area (Å²) in [5, 5.41) is 3.60. The van der Waals surface area contributed by atoms with E-state index in [9.17, 15) is 0 Å². The first-order chi connectivity index (χ1) is 13.1. The zero-order valence-corrected chi connectivity index (χ0v) is 18.4. The summed E-state index contributed by atoms with van der Waals surface area (Å²) in [5.41, 5.74) is 0. The maximum atomic E-state index is 6.55. The number of hydrogen-bond acceptors (Lipinski definition) is 3. The quantitative estimate of drug-likeness (QED) is 0.454. The molecule has 0 aliphatic carbocycles. The van der Waals surface area contributed by atoms with Crippen LogP contribution in [-0.4, -0.2) is 43.7 Å². The molecule has 0 aromatic carbocycles. The van der Waals surface area contributed by atoms with Gasteiger partial charge in [-0.15, -0.1) is 0 Å². The lowest BCUT2D eigenvalue weighted by Gasteiger charge is -2.34. The van der Waals surface area contributed by atoms with Gasteiger partial charge >= 0.3 is 0 Å². The first-order valence-corrected chi connectivity index (χ1v) is 11.6. The Bertz CT molecular complexity index is 453. The van der Waals surface area contributed by atoms with E-state index in [0.717, 1.165) is 31.2 Å². The average Bonchev–Trinajstić information content (AvgIpc) is 2.67. The van der Waals surface area contributed by atoms with Crippen molar-refractivity contribution in [1.29, 1.82) is 0 Å². The summed E-state index contributed by atoms with van der Waals surface area (Å²) < 4.78 is 6.55. The molecule has 156 valence electrons. The van der Waals surface area contributed by atoms with Crippen molar-refractivity contribution in [3.05, 3.63) is 24.0 Å². The zero-order chi connectivity index (χ0) is 19.5. The number of rotatable bonds is 8. The van der Waals surface area contributed by atoms with Gasteiger partial charge in [-0.1, -0.05) is 46.6 Å². The molecular formula is C24H44N2O. The lowest BCUT2D eigenvalue weighted by molar-refractivity contribution is 0.0409. The van der Waals surface area contributed by atoms with Crippen LogP contribution in [0.1, 0.15) is 72.6 Å². The summed E-state index contributed by atoms with van der Waals surface area (Å²) in [4.78, 5) is 2.62. The smallest absolute Gasteiger partial charge is 0.115 e. The van der Waals surface area contributed by atoms with E-state index in [4.69, 9.17) is 4.74 Å². The van der Waals surface area contributed by atoms with Gasteiger partial charge in [0.2, 0.25) is 0 Å². The fraction of sp³-hybridized carbons (Fsp3) is 0.833. The van der Waals surface area contributed by atoms with Crippen molar-refractivity contribution in [2.24, 2.45) is 17.8 Å². The van der Waals surface area contributed by atoms with Gasteiger partial charge in [-0.2, -0.15) is 0 Å². The van der Waals surface area contributed by atoms with Crippen LogP contribution < -0.4 is 5.32 Å². The van der Waals surface area contributed by atoms with Crippen molar-refractivity contribution < 1.29 is 4.74 Å². The molecule has 4 unspecified atom stereocenters. The van der Waals surface area contributed by atoms with E-state index >= 15 is 0 Å². The fourth-order valence-corrected chi connectivity index (χ4v) is 4.61. The van der Waals surface area contributed by atoms with Crippen molar-refractivity contribution in [3.8, 4) is 0 Å². The van der Waals surface area contributed by atoms with Gasteiger partial charge in [0.05, 0.1) is 0 Å². The van der Waals surface area contributed by atoms with Crippen LogP contribution in [-0.2, 0) is 4.74 Å². The van der Waals surface area contributed by atoms with E-state index in [2.05, 4.69) is 56.1 Å². The van der Waals surface area contributed by atoms with Crippen LogP contribution in [0.4, 0.5) is 0 Å². The van der Waals surface area contributed by atoms with E-state index in [-0.39, 0.29) is 6.10 Å². The molecule has 2 saturated heterocycles. The first-order valence-electron chi connectivity index (χ1n) is 11.6. The van der Waals surface area contributed by atoms with Crippen molar-refractivity contribution in [2.75, 3.05) is 32.7 Å². The van der Waals surface area contributed by atoms with Crippen LogP contribution in [0.2, 0.25) is 0 Å². The molecular weight excluding hydrogens is 332 g/mol. The third kappa shape index (κ3) is 7.99. The lowest BCUT2D eigenvalue weighted by Crippen LogP contribution is -2.39. The number of nitrogens with one attached hydrogen (secondary N) is 1. The van der Waals surface area contributed by atoms with E-state index < -0.39 is 0 Å². The largest absolute Gasteiger partial charge is 0.489 e. The van der Waals surface area contributed by atoms with E-state index in [0.29, 0.717) is 11.8 Å². The molecule has 0 spiro atoms. The molecule has 1 N–H and O–H groups in total. The van der Waals surface area contributed by atoms with Gasteiger partial charge in [0, 0.05) is 13.1 Å². The van der Waals surface area contributed by atoms with Gasteiger partial charge < -0.3 is 15.0 Å². The third-order valence-corrected chi connectivity index (χ3v) is 6.41. The highest BCUT2D eigenvalue weighted by atomic mass is 16.5. The molecule has 27 heavy (non-hydrogen) atoms. The second kappa shape index (κ2) is 12.6. The number of ether oxygens (including phenoxy) is 1. The number of piperidine rings is 1. The third-order valence-electron chi connectivity index (χ3n) is 6.41. The predicted molar refractivity (Wildman–Crippen MR) is 117 cm³/mol. The van der Waals surface area contributed by atoms with Crippen LogP contribution in [0.3, 0.4) is 0 Å². The minimum atomic E-state index is 0.273. The molecule has 4 atom stereocenters. The Morgan fingerprint density at radius 1 is 1.19 bits per heavy atom. The number of likely N-dealkylation sites (tertiary alicyclic amines) is 1. The molecule has 0 aromatic rings. The maximum Gasteiger partial charge on any atom is 0.115 e. The van der Waals surface area contributed by atoms with Gasteiger partial charge in [-0.25, -0.2) is 0 Å². The molecule has 2 fully saturated rings. The van der Waals surface area contributed by atoms with Crippen LogP contribution in [0.25, 0.3) is 0 Å². The van der Waals surface area contributed by atoms with E-state index in [1.54, 1.807) is 0 Å². The zero-order valence-electron chi connectivity index (χ0n) is 18.4. The second-order valence-electron chi connectivity index (χ2n) is 8.74. The molecule has 2 rings (SSSR count). The SMILES string of the molecule is CC/C=C(\C=C/C(C)CN1CCCCC1)OC1CNCCCC(CC)C1C. The normalized spacial score (nSPS) is 30.1. The van der Waals surface area contributed by atoms with Crippen LogP contribution >= 0.6 is 0 Å². The highest BCUT2D eigenvalue weighted by molar-refractivity contribution is 5.13. The van der Waals surface area contributed by atoms with E-state index in [1.165, 1.54) is 58.2 Å². The topological polar surface area (TPSA) is 24.5 Å². The molecule has 0 radical (unpaired) electrons. The van der Waals surface area contributed by atoms with Crippen LogP contribution in [0, 0.1) is 17.8 Å². The maximum absolute atomic E-state index is 6.55. The minimum absolute atomic E-state index is 0.273. The average molecular weight is 377 g/mol. The summed E-state index contributed by atoms with van der Waals surface area (Å²) in [7, 11) is 0. The molecule has 0 aromatic heterocycles. The Labute approximate surface area is 168 Å². The van der Waals surface area contributed by atoms with Crippen molar-refractivity contribution in [2.45, 2.75) is 78.7 Å². The summed E-state index contributed by atoms with van der Waals surface area (Å²) in [6, 6.07) is 0. The number of hydrogen-bond donors (Lipinski definition) is 1. The Morgan fingerprint density at radius 2 is 1.96 bits per heavy atom. The number of allylic oxidation sites excluding steroid dienone is 2. The molecule has 0 amide bonds. The molecule has 2 aliphatic heterocycles. The molecule has 2 heterocycles. The van der Waals surface area contributed by atoms with Crippen molar-refractivity contribution in [1.82, 2.24) is 10.2 Å². The monoisotopic (exact) mass is 376 g/mol. The first kappa shape index (κ1) is 22.5. The Kier molecular flexibility index (Phi) is 10.5. The fourth-order valence-electron chi connectivity index (χ4n) is 4.61. The Balaban J connectivity index is 1.93. The van der Waals surface area contributed by atoms with Crippen LogP contribution in [0.5, 0.6) is 0 Å². The predicted octanol–water partition coefficient (Wildman–Crippen LogP) is 5.39. The lowest BCUT2D eigenvalue weighted by atomic mass is 9.82. The van der Waals surface area contributed by atoms with Gasteiger partial charge in [-0.05, 0) is 81.6 Å². The standard InChI is InChI=1S/C24H44N2O/c1-5-11-23(14-13-20(3)19-26-16-8-7-9-17-26)27-24-18-25-15-10-12-22(6-2)21(24)4/h11,13-14,20-22,24-25H,5-10,12,15-19H2,1-4H3/b14-13-,23-11+. The molecule has 3 heteroatoms. The molecule has 0 saturated carbocycles. The summed E-state index contributed by atoms with van der Waals surface area (Å²) in [6.45, 7) is 15.1. The van der Waals surface area contributed by atoms with Gasteiger partial charge in [-0.3, -0.25) is 0 Å². The highest BCUT2D eigenvalue weighted by Gasteiger charge is 2.27. The summed E-state index contributed by atoms with van der Waals surface area (Å²) in [5.74, 6) is 3.02. The summed E-state index contributed by atoms with van der Waals surface area (Å²) >= 11 is 0. The Morgan fingerprint density at radius 3 is 2.67 bits per heavy atom. The van der Waals surface area contributed by atoms with E-state index in [1.807, 2.05) is 0 Å². The van der Waals surface area contributed by atoms with Crippen LogP contribution in [0.15, 0.2) is 24.0 Å². The van der Waals surface area contributed by atoms with Crippen molar-refractivity contribution >= 4 is 0 Å². The Hall–Kier alpha value is -0.800. The van der Waals surface area contributed by atoms with Gasteiger partial charge in [0.1, 0.15) is 11.9 Å². The molecule has 2 aliphatic rings. The highest BCUT2D eigenvalue weighted by Crippen LogP contribution is 2.28. The molecule has 3 nitrogen and oxygen atoms in total. The number of nitrogens with zero attached hydrogens (tertiary/aromatic N) is 1. The van der Waals surface area contributed by atoms with Gasteiger partial charge in [0.25, 0.3) is 0 Å². The van der Waals surface area contributed by atoms with Gasteiger partial charge in [0.15, 0.2) is 0 Å². The minimum Gasteiger partial charge on any atom is -0.489 e. The second-order valence-corrected chi connectivity index (χ2v) is 8.74. The summed E-state index contributed by atoms with van der Waals surface area (Å²) in [6.07, 6.45) is 16.1. The molecule has 0 bridgehead atoms. The van der Waals surface area contributed by atoms with Crippen molar-refractivity contribution in [3.63, 3.8) is 0 Å².